The Bertz CT molecular complexity index is 440. The molecule has 0 radical (unpaired) electrons. The third-order valence-corrected chi connectivity index (χ3v) is 2.01. The highest BCUT2D eigenvalue weighted by Crippen LogP contribution is 2.27. The Morgan fingerprint density at radius 2 is 2.12 bits per heavy atom. The Hall–Kier alpha value is -2.29. The Morgan fingerprint density at radius 1 is 1.41 bits per heavy atom. The van der Waals surface area contributed by atoms with Crippen LogP contribution < -0.4 is 9.47 Å². The summed E-state index contributed by atoms with van der Waals surface area (Å²) in [6.07, 6.45) is 0.980. The number of unbranched alkanes of at least 4 members (excludes halogenated alkanes) is 1. The summed E-state index contributed by atoms with van der Waals surface area (Å²) in [6.45, 7) is 0.345. The maximum absolute atomic E-state index is 10.6. The minimum absolute atomic E-state index is 0.0837. The van der Waals surface area contributed by atoms with Crippen LogP contribution in [-0.2, 0) is 0 Å². The Kier molecular flexibility index (Phi) is 4.76. The summed E-state index contributed by atoms with van der Waals surface area (Å²) in [5, 5.41) is 19.0. The van der Waals surface area contributed by atoms with Crippen molar-refractivity contribution in [2.24, 2.45) is 0 Å². The van der Waals surface area contributed by atoms with E-state index < -0.39 is 4.92 Å². The molecule has 90 valence electrons. The van der Waals surface area contributed by atoms with E-state index in [-0.39, 0.29) is 5.69 Å². The van der Waals surface area contributed by atoms with Gasteiger partial charge in [-0.05, 0) is 6.42 Å². The number of nitro groups is 1. The molecular formula is C11H12N2O4. The zero-order chi connectivity index (χ0) is 12.7. The topological polar surface area (TPSA) is 85.4 Å². The van der Waals surface area contributed by atoms with Gasteiger partial charge in [0.25, 0.3) is 5.69 Å². The summed E-state index contributed by atoms with van der Waals surface area (Å²) < 4.78 is 10.2. The number of methoxy groups -OCH3 is 1. The van der Waals surface area contributed by atoms with Crippen LogP contribution in [-0.4, -0.2) is 18.6 Å². The van der Waals surface area contributed by atoms with E-state index in [2.05, 4.69) is 0 Å². The van der Waals surface area contributed by atoms with Crippen molar-refractivity contribution in [3.05, 3.63) is 28.3 Å². The first-order valence-electron chi connectivity index (χ1n) is 5.00. The first kappa shape index (κ1) is 12.8. The number of non-ortho nitro benzene ring substituents is 1. The summed E-state index contributed by atoms with van der Waals surface area (Å²) in [7, 11) is 1.43. The molecule has 6 heteroatoms. The van der Waals surface area contributed by atoms with Crippen LogP contribution in [0.3, 0.4) is 0 Å². The van der Waals surface area contributed by atoms with Crippen LogP contribution in [0.5, 0.6) is 11.5 Å². The lowest BCUT2D eigenvalue weighted by Crippen LogP contribution is -1.98. The van der Waals surface area contributed by atoms with Crippen molar-refractivity contribution in [3.63, 3.8) is 0 Å². The van der Waals surface area contributed by atoms with Crippen LogP contribution in [0.4, 0.5) is 5.69 Å². The maximum atomic E-state index is 10.6. The minimum atomic E-state index is -0.509. The molecule has 0 saturated heterocycles. The van der Waals surface area contributed by atoms with Crippen molar-refractivity contribution < 1.29 is 14.4 Å². The highest BCUT2D eigenvalue weighted by molar-refractivity contribution is 5.45. The lowest BCUT2D eigenvalue weighted by atomic mass is 10.3. The van der Waals surface area contributed by atoms with Gasteiger partial charge in [-0.15, -0.1) is 0 Å². The van der Waals surface area contributed by atoms with Crippen molar-refractivity contribution in [1.82, 2.24) is 0 Å². The van der Waals surface area contributed by atoms with Crippen LogP contribution in [0.25, 0.3) is 0 Å². The van der Waals surface area contributed by atoms with Gasteiger partial charge >= 0.3 is 0 Å². The quantitative estimate of drug-likeness (QED) is 0.429. The van der Waals surface area contributed by atoms with Gasteiger partial charge in [0, 0.05) is 12.5 Å². The Balaban J connectivity index is 2.74. The number of hydrogen-bond acceptors (Lipinski definition) is 5. The molecular weight excluding hydrogens is 224 g/mol. The normalized spacial score (nSPS) is 9.41. The van der Waals surface area contributed by atoms with Crippen molar-refractivity contribution >= 4 is 5.69 Å². The number of hydrogen-bond donors (Lipinski definition) is 0. The van der Waals surface area contributed by atoms with Gasteiger partial charge in [-0.2, -0.15) is 5.26 Å². The fraction of sp³-hybridized carbons (Fsp3) is 0.364. The lowest BCUT2D eigenvalue weighted by Gasteiger charge is -2.06. The molecule has 0 spiro atoms. The van der Waals surface area contributed by atoms with Crippen molar-refractivity contribution in [2.75, 3.05) is 13.7 Å². The maximum Gasteiger partial charge on any atom is 0.276 e. The molecule has 0 aliphatic carbocycles. The monoisotopic (exact) mass is 236 g/mol. The molecule has 1 aromatic carbocycles. The largest absolute Gasteiger partial charge is 0.496 e. The first-order valence-corrected chi connectivity index (χ1v) is 5.00. The number of rotatable bonds is 6. The summed E-state index contributed by atoms with van der Waals surface area (Å²) in [5.74, 6) is 0.739. The van der Waals surface area contributed by atoms with E-state index in [0.29, 0.717) is 30.9 Å². The Morgan fingerprint density at radius 3 is 2.71 bits per heavy atom. The molecule has 0 N–H and O–H groups in total. The van der Waals surface area contributed by atoms with E-state index in [9.17, 15) is 10.1 Å². The van der Waals surface area contributed by atoms with E-state index in [1.807, 2.05) is 6.07 Å². The fourth-order valence-corrected chi connectivity index (χ4v) is 1.20. The molecule has 17 heavy (non-hydrogen) atoms. The van der Waals surface area contributed by atoms with Gasteiger partial charge in [-0.3, -0.25) is 10.1 Å². The molecule has 0 heterocycles. The summed E-state index contributed by atoms with van der Waals surface area (Å²) in [6, 6.07) is 6.21. The smallest absolute Gasteiger partial charge is 0.276 e. The molecule has 0 amide bonds. The second-order valence-corrected chi connectivity index (χ2v) is 3.23. The second-order valence-electron chi connectivity index (χ2n) is 3.23. The van der Waals surface area contributed by atoms with Gasteiger partial charge in [0.2, 0.25) is 0 Å². The van der Waals surface area contributed by atoms with E-state index in [1.165, 1.54) is 19.2 Å². The third kappa shape index (κ3) is 3.99. The second kappa shape index (κ2) is 6.33. The molecule has 0 aliphatic heterocycles. The van der Waals surface area contributed by atoms with Crippen molar-refractivity contribution in [1.29, 1.82) is 5.26 Å². The summed E-state index contributed by atoms with van der Waals surface area (Å²) in [4.78, 5) is 10.1. The zero-order valence-corrected chi connectivity index (χ0v) is 9.38. The van der Waals surface area contributed by atoms with E-state index >= 15 is 0 Å². The minimum Gasteiger partial charge on any atom is -0.496 e. The Labute approximate surface area is 98.5 Å². The molecule has 0 saturated carbocycles. The standard InChI is InChI=1S/C11H12N2O4/c1-16-10-6-9(13(14)15)7-11(8-10)17-5-3-2-4-12/h6-8H,2-3,5H2,1H3. The summed E-state index contributed by atoms with van der Waals surface area (Å²) in [5.41, 5.74) is -0.0837. The van der Waals surface area contributed by atoms with E-state index in [0.717, 1.165) is 0 Å². The lowest BCUT2D eigenvalue weighted by molar-refractivity contribution is -0.385. The van der Waals surface area contributed by atoms with Crippen LogP contribution in [0.15, 0.2) is 18.2 Å². The van der Waals surface area contributed by atoms with Gasteiger partial charge in [-0.1, -0.05) is 0 Å². The molecule has 0 atom stereocenters. The highest BCUT2D eigenvalue weighted by atomic mass is 16.6. The average molecular weight is 236 g/mol. The molecule has 1 rings (SSSR count). The van der Waals surface area contributed by atoms with Crippen molar-refractivity contribution in [3.8, 4) is 17.6 Å². The van der Waals surface area contributed by atoms with Gasteiger partial charge in [0.1, 0.15) is 11.5 Å². The molecule has 0 aromatic heterocycles. The number of ether oxygens (including phenoxy) is 2. The highest BCUT2D eigenvalue weighted by Gasteiger charge is 2.10. The molecule has 0 fully saturated rings. The van der Waals surface area contributed by atoms with Gasteiger partial charge < -0.3 is 9.47 Å². The molecule has 1 aromatic rings. The van der Waals surface area contributed by atoms with Gasteiger partial charge in [0.15, 0.2) is 0 Å². The first-order chi connectivity index (χ1) is 8.17. The van der Waals surface area contributed by atoms with Crippen LogP contribution in [0.1, 0.15) is 12.8 Å². The van der Waals surface area contributed by atoms with Crippen LogP contribution in [0, 0.1) is 21.4 Å². The predicted molar refractivity (Wildman–Crippen MR) is 60.0 cm³/mol. The molecule has 0 aliphatic rings. The predicted octanol–water partition coefficient (Wildman–Crippen LogP) is 2.29. The van der Waals surface area contributed by atoms with Crippen LogP contribution in [0.2, 0.25) is 0 Å². The SMILES string of the molecule is COc1cc(OCCCC#N)cc([N+](=O)[O-])c1. The number of benzene rings is 1. The van der Waals surface area contributed by atoms with E-state index in [4.69, 9.17) is 14.7 Å². The van der Waals surface area contributed by atoms with Crippen molar-refractivity contribution in [2.45, 2.75) is 12.8 Å². The van der Waals surface area contributed by atoms with Crippen LogP contribution >= 0.6 is 0 Å². The zero-order valence-electron chi connectivity index (χ0n) is 9.38. The van der Waals surface area contributed by atoms with Gasteiger partial charge in [-0.25, -0.2) is 0 Å². The number of nitrogens with zero attached hydrogens (tertiary/aromatic N) is 2. The number of nitriles is 1. The molecule has 0 unspecified atom stereocenters. The fourth-order valence-electron chi connectivity index (χ4n) is 1.20. The van der Waals surface area contributed by atoms with Gasteiger partial charge in [0.05, 0.1) is 36.8 Å². The third-order valence-electron chi connectivity index (χ3n) is 2.01. The summed E-state index contributed by atoms with van der Waals surface area (Å²) >= 11 is 0. The number of nitro benzene ring substituents is 1. The molecule has 6 nitrogen and oxygen atoms in total. The van der Waals surface area contributed by atoms with E-state index in [1.54, 1.807) is 6.07 Å². The molecule has 0 bridgehead atoms. The average Bonchev–Trinajstić information content (AvgIpc) is 2.34.